The highest BCUT2D eigenvalue weighted by Crippen LogP contribution is 2.17. The van der Waals surface area contributed by atoms with Crippen molar-refractivity contribution in [2.45, 2.75) is 13.1 Å². The van der Waals surface area contributed by atoms with Crippen LogP contribution in [0.15, 0.2) is 61.1 Å². The first-order chi connectivity index (χ1) is 14.2. The summed E-state index contributed by atoms with van der Waals surface area (Å²) < 4.78 is 7.29. The Balaban J connectivity index is 1.39. The molecule has 0 radical (unpaired) electrons. The monoisotopic (exact) mass is 391 g/mol. The van der Waals surface area contributed by atoms with Gasteiger partial charge in [-0.3, -0.25) is 14.5 Å². The van der Waals surface area contributed by atoms with E-state index in [9.17, 15) is 4.79 Å². The van der Waals surface area contributed by atoms with Crippen LogP contribution in [0.5, 0.6) is 0 Å². The van der Waals surface area contributed by atoms with Gasteiger partial charge in [0.25, 0.3) is 5.91 Å². The molecule has 1 aliphatic rings. The number of anilines is 1. The van der Waals surface area contributed by atoms with Gasteiger partial charge in [-0.1, -0.05) is 30.3 Å². The lowest BCUT2D eigenvalue weighted by atomic mass is 10.2. The lowest BCUT2D eigenvalue weighted by molar-refractivity contribution is 0.0779. The number of aromatic nitrogens is 3. The molecule has 0 saturated carbocycles. The van der Waals surface area contributed by atoms with Gasteiger partial charge in [-0.05, 0) is 17.7 Å². The normalized spacial score (nSPS) is 14.0. The van der Waals surface area contributed by atoms with Crippen molar-refractivity contribution in [2.24, 2.45) is 0 Å². The summed E-state index contributed by atoms with van der Waals surface area (Å²) in [5, 5.41) is 4.42. The zero-order valence-corrected chi connectivity index (χ0v) is 16.6. The van der Waals surface area contributed by atoms with Crippen LogP contribution >= 0.6 is 0 Å². The van der Waals surface area contributed by atoms with Gasteiger partial charge in [-0.15, -0.1) is 0 Å². The fourth-order valence-corrected chi connectivity index (χ4v) is 3.44. The fraction of sp³-hybridized carbons (Fsp3) is 0.318. The van der Waals surface area contributed by atoms with Gasteiger partial charge in [0, 0.05) is 50.3 Å². The Morgan fingerprint density at radius 2 is 1.93 bits per heavy atom. The number of nitrogens with zero attached hydrogens (tertiary/aromatic N) is 5. The Labute approximate surface area is 170 Å². The first-order valence-electron chi connectivity index (χ1n) is 9.78. The van der Waals surface area contributed by atoms with E-state index in [1.165, 1.54) is 5.56 Å². The molecule has 7 heteroatoms. The Morgan fingerprint density at radius 1 is 1.14 bits per heavy atom. The summed E-state index contributed by atoms with van der Waals surface area (Å²) in [6, 6.07) is 14.0. The van der Waals surface area contributed by atoms with Gasteiger partial charge in [0.05, 0.1) is 26.0 Å². The van der Waals surface area contributed by atoms with Gasteiger partial charge in [0.2, 0.25) is 0 Å². The largest absolute Gasteiger partial charge is 0.378 e. The lowest BCUT2D eigenvalue weighted by Gasteiger charge is -2.29. The molecule has 4 rings (SSSR count). The zero-order valence-electron chi connectivity index (χ0n) is 16.6. The van der Waals surface area contributed by atoms with E-state index in [0.29, 0.717) is 32.0 Å². The van der Waals surface area contributed by atoms with E-state index >= 15 is 0 Å². The minimum atomic E-state index is -0.101. The average molecular weight is 391 g/mol. The molecule has 1 aromatic carbocycles. The predicted molar refractivity (Wildman–Crippen MR) is 111 cm³/mol. The highest BCUT2D eigenvalue weighted by atomic mass is 16.5. The molecule has 1 aliphatic heterocycles. The molecule has 7 nitrogen and oxygen atoms in total. The number of carbonyl (C=O) groups is 1. The van der Waals surface area contributed by atoms with Gasteiger partial charge in [-0.2, -0.15) is 5.10 Å². The lowest BCUT2D eigenvalue weighted by Crippen LogP contribution is -2.36. The van der Waals surface area contributed by atoms with Gasteiger partial charge < -0.3 is 14.5 Å². The molecule has 1 amide bonds. The second-order valence-electron chi connectivity index (χ2n) is 7.19. The molecule has 0 atom stereocenters. The van der Waals surface area contributed by atoms with Crippen LogP contribution in [-0.2, 0) is 17.8 Å². The average Bonchev–Trinajstić information content (AvgIpc) is 3.21. The van der Waals surface area contributed by atoms with Crippen LogP contribution in [-0.4, -0.2) is 58.9 Å². The van der Waals surface area contributed by atoms with Crippen molar-refractivity contribution in [3.63, 3.8) is 0 Å². The third-order valence-electron chi connectivity index (χ3n) is 4.98. The van der Waals surface area contributed by atoms with Gasteiger partial charge >= 0.3 is 0 Å². The Hall–Kier alpha value is -3.19. The van der Waals surface area contributed by atoms with Crippen LogP contribution in [0, 0.1) is 0 Å². The van der Waals surface area contributed by atoms with Crippen LogP contribution in [0.25, 0.3) is 0 Å². The predicted octanol–water partition coefficient (Wildman–Crippen LogP) is 2.44. The van der Waals surface area contributed by atoms with Crippen LogP contribution < -0.4 is 4.90 Å². The van der Waals surface area contributed by atoms with Crippen LogP contribution in [0.1, 0.15) is 21.6 Å². The number of pyridine rings is 1. The van der Waals surface area contributed by atoms with E-state index < -0.39 is 0 Å². The number of benzene rings is 1. The van der Waals surface area contributed by atoms with Crippen molar-refractivity contribution in [1.29, 1.82) is 0 Å². The summed E-state index contributed by atoms with van der Waals surface area (Å²) in [4.78, 5) is 21.1. The van der Waals surface area contributed by atoms with E-state index in [4.69, 9.17) is 4.74 Å². The molecule has 0 N–H and O–H groups in total. The van der Waals surface area contributed by atoms with E-state index in [2.05, 4.69) is 27.1 Å². The molecule has 0 aliphatic carbocycles. The number of hydrogen-bond donors (Lipinski definition) is 0. The van der Waals surface area contributed by atoms with Crippen molar-refractivity contribution in [3.8, 4) is 0 Å². The second-order valence-corrected chi connectivity index (χ2v) is 7.19. The molecule has 2 aromatic heterocycles. The third-order valence-corrected chi connectivity index (χ3v) is 4.98. The molecule has 150 valence electrons. The molecular weight excluding hydrogens is 366 g/mol. The summed E-state index contributed by atoms with van der Waals surface area (Å²) >= 11 is 0. The van der Waals surface area contributed by atoms with Crippen molar-refractivity contribution >= 4 is 11.6 Å². The van der Waals surface area contributed by atoms with Crippen molar-refractivity contribution in [3.05, 3.63) is 77.9 Å². The quantitative estimate of drug-likeness (QED) is 0.646. The minimum Gasteiger partial charge on any atom is -0.378 e. The molecule has 0 unspecified atom stereocenters. The fourth-order valence-electron chi connectivity index (χ4n) is 3.44. The third kappa shape index (κ3) is 4.81. The van der Waals surface area contributed by atoms with Crippen molar-refractivity contribution < 1.29 is 9.53 Å². The van der Waals surface area contributed by atoms with E-state index in [1.54, 1.807) is 18.1 Å². The standard InChI is InChI=1S/C22H25N5O2/c1-25(15-19-14-24-27(17-19)16-18-5-3-2-4-6-18)22(28)21-13-20(7-8-23-21)26-9-11-29-12-10-26/h2-8,13-14,17H,9-12,15-16H2,1H3. The molecule has 3 aromatic rings. The number of amides is 1. The molecule has 0 spiro atoms. The van der Waals surface area contributed by atoms with Gasteiger partial charge in [0.15, 0.2) is 0 Å². The Bertz CT molecular complexity index is 951. The van der Waals surface area contributed by atoms with Crippen molar-refractivity contribution in [2.75, 3.05) is 38.3 Å². The van der Waals surface area contributed by atoms with Crippen LogP contribution in [0.4, 0.5) is 5.69 Å². The van der Waals surface area contributed by atoms with E-state index in [1.807, 2.05) is 47.4 Å². The topological polar surface area (TPSA) is 63.5 Å². The molecule has 29 heavy (non-hydrogen) atoms. The summed E-state index contributed by atoms with van der Waals surface area (Å²) in [5.74, 6) is -0.101. The Morgan fingerprint density at radius 3 is 2.72 bits per heavy atom. The van der Waals surface area contributed by atoms with Crippen LogP contribution in [0.2, 0.25) is 0 Å². The number of ether oxygens (including phenoxy) is 1. The molecule has 1 saturated heterocycles. The maximum absolute atomic E-state index is 12.9. The summed E-state index contributed by atoms with van der Waals surface area (Å²) in [5.41, 5.74) is 3.64. The molecule has 1 fully saturated rings. The zero-order chi connectivity index (χ0) is 20.1. The maximum Gasteiger partial charge on any atom is 0.272 e. The number of carbonyl (C=O) groups excluding carboxylic acids is 1. The van der Waals surface area contributed by atoms with E-state index in [0.717, 1.165) is 24.3 Å². The van der Waals surface area contributed by atoms with Crippen LogP contribution in [0.3, 0.4) is 0 Å². The highest BCUT2D eigenvalue weighted by molar-refractivity contribution is 5.93. The number of hydrogen-bond acceptors (Lipinski definition) is 5. The first kappa shape index (κ1) is 19.1. The molecule has 3 heterocycles. The number of morpholine rings is 1. The smallest absolute Gasteiger partial charge is 0.272 e. The summed E-state index contributed by atoms with van der Waals surface area (Å²) in [6.45, 7) is 4.26. The second kappa shape index (κ2) is 8.87. The molecular formula is C22H25N5O2. The van der Waals surface area contributed by atoms with Crippen molar-refractivity contribution in [1.82, 2.24) is 19.7 Å². The Kier molecular flexibility index (Phi) is 5.86. The first-order valence-corrected chi connectivity index (χ1v) is 9.78. The highest BCUT2D eigenvalue weighted by Gasteiger charge is 2.17. The minimum absolute atomic E-state index is 0.101. The summed E-state index contributed by atoms with van der Waals surface area (Å²) in [6.07, 6.45) is 5.49. The van der Waals surface area contributed by atoms with Gasteiger partial charge in [-0.25, -0.2) is 0 Å². The van der Waals surface area contributed by atoms with Gasteiger partial charge in [0.1, 0.15) is 5.69 Å². The summed E-state index contributed by atoms with van der Waals surface area (Å²) in [7, 11) is 1.79. The number of rotatable bonds is 6. The molecule has 0 bridgehead atoms. The SMILES string of the molecule is CN(Cc1cnn(Cc2ccccc2)c1)C(=O)c1cc(N2CCOCC2)ccn1. The van der Waals surface area contributed by atoms with E-state index in [-0.39, 0.29) is 5.91 Å². The maximum atomic E-state index is 12.9.